The molecule has 0 saturated heterocycles. The van der Waals surface area contributed by atoms with E-state index in [4.69, 9.17) is 16.3 Å². The zero-order valence-corrected chi connectivity index (χ0v) is 12.8. The number of benzene rings is 1. The lowest BCUT2D eigenvalue weighted by Gasteiger charge is -2.15. The molecule has 0 aliphatic rings. The Hall–Kier alpha value is -2.35. The number of aryl methyl sites for hydroxylation is 1. The van der Waals surface area contributed by atoms with Crippen LogP contribution in [0.5, 0.6) is 5.75 Å². The number of hydrogen-bond acceptors (Lipinski definition) is 4. The average Bonchev–Trinajstić information content (AvgIpc) is 2.87. The number of nitrogens with zero attached hydrogens (tertiary/aromatic N) is 4. The van der Waals surface area contributed by atoms with Crippen LogP contribution in [0.25, 0.3) is 16.7 Å². The number of halogens is 4. The fraction of sp³-hybridized carbons (Fsp3) is 0.214. The Morgan fingerprint density at radius 3 is 2.65 bits per heavy atom. The standard InChI is InChI=1S/C14H10ClF3N4O/c1-7-3-9(14(16,17)18)4-10(23-2)11(7)22-6-8-5-19-13(15)20-12(8)21-22/h3-6H,1-2H3. The number of alkyl halides is 3. The van der Waals surface area contributed by atoms with Crippen LogP contribution >= 0.6 is 11.6 Å². The fourth-order valence-electron chi connectivity index (χ4n) is 2.27. The quantitative estimate of drug-likeness (QED) is 0.665. The molecule has 0 saturated carbocycles. The van der Waals surface area contributed by atoms with Gasteiger partial charge < -0.3 is 4.74 Å². The van der Waals surface area contributed by atoms with Crippen molar-refractivity contribution in [2.24, 2.45) is 0 Å². The maximum absolute atomic E-state index is 12.9. The first-order valence-electron chi connectivity index (χ1n) is 6.43. The molecule has 3 aromatic rings. The molecule has 0 radical (unpaired) electrons. The molecule has 0 fully saturated rings. The minimum Gasteiger partial charge on any atom is -0.494 e. The van der Waals surface area contributed by atoms with Crippen LogP contribution in [0.15, 0.2) is 24.5 Å². The molecule has 0 aliphatic carbocycles. The van der Waals surface area contributed by atoms with Gasteiger partial charge in [-0.15, -0.1) is 5.10 Å². The molecular formula is C14H10ClF3N4O. The molecule has 2 aromatic heterocycles. The van der Waals surface area contributed by atoms with E-state index in [-0.39, 0.29) is 11.0 Å². The van der Waals surface area contributed by atoms with Crippen molar-refractivity contribution in [2.45, 2.75) is 13.1 Å². The van der Waals surface area contributed by atoms with E-state index in [1.807, 2.05) is 0 Å². The van der Waals surface area contributed by atoms with E-state index in [2.05, 4.69) is 15.1 Å². The molecular weight excluding hydrogens is 333 g/mol. The molecule has 0 atom stereocenters. The highest BCUT2D eigenvalue weighted by atomic mass is 35.5. The van der Waals surface area contributed by atoms with Crippen molar-refractivity contribution in [2.75, 3.05) is 7.11 Å². The number of aromatic nitrogens is 4. The van der Waals surface area contributed by atoms with Crippen LogP contribution in [0.1, 0.15) is 11.1 Å². The molecule has 1 aromatic carbocycles. The second-order valence-electron chi connectivity index (χ2n) is 4.83. The van der Waals surface area contributed by atoms with Crippen LogP contribution in [0.3, 0.4) is 0 Å². The molecule has 2 heterocycles. The zero-order valence-electron chi connectivity index (χ0n) is 12.0. The topological polar surface area (TPSA) is 52.8 Å². The first-order valence-corrected chi connectivity index (χ1v) is 6.81. The number of hydrogen-bond donors (Lipinski definition) is 0. The summed E-state index contributed by atoms with van der Waals surface area (Å²) < 4.78 is 45.3. The summed E-state index contributed by atoms with van der Waals surface area (Å²) in [7, 11) is 1.30. The van der Waals surface area contributed by atoms with Crippen molar-refractivity contribution in [3.63, 3.8) is 0 Å². The van der Waals surface area contributed by atoms with Gasteiger partial charge in [0.2, 0.25) is 5.28 Å². The first kappa shape index (κ1) is 15.5. The zero-order chi connectivity index (χ0) is 16.8. The first-order chi connectivity index (χ1) is 10.8. The number of ether oxygens (including phenoxy) is 1. The Morgan fingerprint density at radius 1 is 1.26 bits per heavy atom. The van der Waals surface area contributed by atoms with Crippen molar-refractivity contribution in [3.05, 3.63) is 40.9 Å². The highest BCUT2D eigenvalue weighted by Gasteiger charge is 2.32. The Labute approximate surface area is 133 Å². The van der Waals surface area contributed by atoms with E-state index in [1.54, 1.807) is 13.1 Å². The Bertz CT molecular complexity index is 892. The Balaban J connectivity index is 2.21. The van der Waals surface area contributed by atoms with Gasteiger partial charge in [-0.1, -0.05) is 0 Å². The van der Waals surface area contributed by atoms with Crippen LogP contribution in [-0.4, -0.2) is 26.9 Å². The monoisotopic (exact) mass is 342 g/mol. The number of fused-ring (bicyclic) bond motifs is 1. The molecule has 5 nitrogen and oxygen atoms in total. The van der Waals surface area contributed by atoms with E-state index in [9.17, 15) is 13.2 Å². The maximum atomic E-state index is 12.9. The summed E-state index contributed by atoms with van der Waals surface area (Å²) in [6, 6.07) is 1.98. The largest absolute Gasteiger partial charge is 0.494 e. The SMILES string of the molecule is COc1cc(C(F)(F)F)cc(C)c1-n1cc2cnc(Cl)nc2n1. The van der Waals surface area contributed by atoms with Gasteiger partial charge in [-0.2, -0.15) is 18.2 Å². The van der Waals surface area contributed by atoms with Crippen LogP contribution in [-0.2, 0) is 6.18 Å². The van der Waals surface area contributed by atoms with Crippen molar-refractivity contribution in [3.8, 4) is 11.4 Å². The van der Waals surface area contributed by atoms with Gasteiger partial charge in [0.25, 0.3) is 0 Å². The minimum atomic E-state index is -4.45. The summed E-state index contributed by atoms with van der Waals surface area (Å²) in [6.07, 6.45) is -1.37. The van der Waals surface area contributed by atoms with E-state index in [0.717, 1.165) is 12.1 Å². The molecule has 0 aliphatic heterocycles. The molecule has 120 valence electrons. The molecule has 0 N–H and O–H groups in total. The normalized spacial score (nSPS) is 11.9. The van der Waals surface area contributed by atoms with Crippen molar-refractivity contribution in [1.82, 2.24) is 19.7 Å². The molecule has 0 spiro atoms. The fourth-order valence-corrected chi connectivity index (χ4v) is 2.40. The lowest BCUT2D eigenvalue weighted by molar-refractivity contribution is -0.137. The second-order valence-corrected chi connectivity index (χ2v) is 5.17. The van der Waals surface area contributed by atoms with E-state index < -0.39 is 11.7 Å². The summed E-state index contributed by atoms with van der Waals surface area (Å²) in [6.45, 7) is 1.55. The summed E-state index contributed by atoms with van der Waals surface area (Å²) in [5, 5.41) is 4.87. The van der Waals surface area contributed by atoms with Crippen molar-refractivity contribution in [1.29, 1.82) is 0 Å². The third kappa shape index (κ3) is 2.81. The molecule has 0 unspecified atom stereocenters. The van der Waals surface area contributed by atoms with Crippen LogP contribution in [0.2, 0.25) is 5.28 Å². The van der Waals surface area contributed by atoms with Crippen LogP contribution in [0, 0.1) is 6.92 Å². The second kappa shape index (κ2) is 5.38. The Morgan fingerprint density at radius 2 is 2.00 bits per heavy atom. The number of methoxy groups -OCH3 is 1. The van der Waals surface area contributed by atoms with Crippen LogP contribution in [0.4, 0.5) is 13.2 Å². The Kier molecular flexibility index (Phi) is 3.63. The molecule has 23 heavy (non-hydrogen) atoms. The maximum Gasteiger partial charge on any atom is 0.416 e. The molecule has 0 bridgehead atoms. The summed E-state index contributed by atoms with van der Waals surface area (Å²) in [4.78, 5) is 7.81. The lowest BCUT2D eigenvalue weighted by Crippen LogP contribution is -2.09. The average molecular weight is 343 g/mol. The summed E-state index contributed by atoms with van der Waals surface area (Å²) >= 11 is 5.71. The molecule has 3 rings (SSSR count). The van der Waals surface area contributed by atoms with Gasteiger partial charge in [0, 0.05) is 12.4 Å². The number of rotatable bonds is 2. The van der Waals surface area contributed by atoms with E-state index in [0.29, 0.717) is 22.3 Å². The highest BCUT2D eigenvalue weighted by molar-refractivity contribution is 6.28. The van der Waals surface area contributed by atoms with Gasteiger partial charge in [-0.05, 0) is 36.2 Å². The lowest BCUT2D eigenvalue weighted by atomic mass is 10.1. The van der Waals surface area contributed by atoms with Crippen LogP contribution < -0.4 is 4.74 Å². The molecule has 0 amide bonds. The van der Waals surface area contributed by atoms with Gasteiger partial charge in [-0.3, -0.25) is 0 Å². The van der Waals surface area contributed by atoms with Gasteiger partial charge in [0.05, 0.1) is 18.1 Å². The predicted octanol–water partition coefficient (Wildman–Crippen LogP) is 3.80. The predicted molar refractivity (Wildman–Crippen MR) is 78.0 cm³/mol. The summed E-state index contributed by atoms with van der Waals surface area (Å²) in [5.41, 5.74) is 0.319. The van der Waals surface area contributed by atoms with Gasteiger partial charge in [0.1, 0.15) is 11.4 Å². The molecule has 9 heteroatoms. The minimum absolute atomic E-state index is 0.0406. The van der Waals surface area contributed by atoms with E-state index in [1.165, 1.54) is 18.0 Å². The van der Waals surface area contributed by atoms with Gasteiger partial charge in [-0.25, -0.2) is 9.67 Å². The van der Waals surface area contributed by atoms with Gasteiger partial charge >= 0.3 is 6.18 Å². The van der Waals surface area contributed by atoms with E-state index >= 15 is 0 Å². The van der Waals surface area contributed by atoms with Crippen molar-refractivity contribution < 1.29 is 17.9 Å². The highest BCUT2D eigenvalue weighted by Crippen LogP contribution is 2.36. The van der Waals surface area contributed by atoms with Crippen molar-refractivity contribution >= 4 is 22.6 Å². The smallest absolute Gasteiger partial charge is 0.416 e. The summed E-state index contributed by atoms with van der Waals surface area (Å²) in [5.74, 6) is 0.0594. The third-order valence-electron chi connectivity index (χ3n) is 3.27. The third-order valence-corrected chi connectivity index (χ3v) is 3.45. The van der Waals surface area contributed by atoms with Gasteiger partial charge in [0.15, 0.2) is 5.65 Å².